The van der Waals surface area contributed by atoms with Crippen LogP contribution in [0, 0.1) is 11.8 Å². The Labute approximate surface area is 227 Å². The van der Waals surface area contributed by atoms with Crippen molar-refractivity contribution < 1.29 is 18.3 Å². The molecule has 8 heteroatoms. The van der Waals surface area contributed by atoms with Gasteiger partial charge < -0.3 is 15.0 Å². The number of halogens is 2. The van der Waals surface area contributed by atoms with Crippen LogP contribution in [-0.4, -0.2) is 54.8 Å². The summed E-state index contributed by atoms with van der Waals surface area (Å²) in [7, 11) is 3.41. The normalized spacial score (nSPS) is 12.1. The van der Waals surface area contributed by atoms with Gasteiger partial charge in [-0.1, -0.05) is 55.5 Å². The van der Waals surface area contributed by atoms with Gasteiger partial charge in [-0.05, 0) is 46.9 Å². The molecule has 4 rings (SSSR count). The highest BCUT2D eigenvalue weighted by Gasteiger charge is 2.19. The van der Waals surface area contributed by atoms with Gasteiger partial charge in [0.1, 0.15) is 18.2 Å². The number of likely N-dealkylation sites (N-methyl/N-ethyl adjacent to an activating group) is 1. The molecule has 2 N–H and O–H groups in total. The predicted octanol–water partition coefficient (Wildman–Crippen LogP) is 5.82. The summed E-state index contributed by atoms with van der Waals surface area (Å²) >= 11 is 0. The zero-order valence-corrected chi connectivity index (χ0v) is 22.3. The SMILES string of the molecule is CC/C(=C(/c1ccc(OCCNC/C=C/C(=O)N(C)C)cc1)c1cc2c(F)n[nH]c2cc1F)c1ccccc1. The Bertz CT molecular complexity index is 1480. The maximum absolute atomic E-state index is 15.5. The lowest BCUT2D eigenvalue weighted by Crippen LogP contribution is -2.22. The molecule has 0 aliphatic carbocycles. The highest BCUT2D eigenvalue weighted by molar-refractivity contribution is 6.00. The minimum atomic E-state index is -0.666. The Hall–Kier alpha value is -4.30. The van der Waals surface area contributed by atoms with Gasteiger partial charge in [0, 0.05) is 44.9 Å². The number of allylic oxidation sites excluding steroid dienone is 1. The molecular formula is C31H32F2N4O2. The largest absolute Gasteiger partial charge is 0.492 e. The number of aromatic amines is 1. The van der Waals surface area contributed by atoms with Crippen LogP contribution < -0.4 is 10.1 Å². The van der Waals surface area contributed by atoms with Crippen molar-refractivity contribution in [1.29, 1.82) is 0 Å². The molecule has 0 bridgehead atoms. The van der Waals surface area contributed by atoms with E-state index in [9.17, 15) is 9.18 Å². The number of carbonyl (C=O) groups is 1. The fourth-order valence-electron chi connectivity index (χ4n) is 4.31. The van der Waals surface area contributed by atoms with Gasteiger partial charge in [-0.3, -0.25) is 9.89 Å². The molecule has 0 radical (unpaired) electrons. The summed E-state index contributed by atoms with van der Waals surface area (Å²) in [6.07, 6.45) is 3.94. The van der Waals surface area contributed by atoms with Gasteiger partial charge in [0.15, 0.2) is 0 Å². The second-order valence-corrected chi connectivity index (χ2v) is 9.18. The van der Waals surface area contributed by atoms with Crippen molar-refractivity contribution in [3.63, 3.8) is 0 Å². The van der Waals surface area contributed by atoms with Gasteiger partial charge in [0.25, 0.3) is 0 Å². The fourth-order valence-corrected chi connectivity index (χ4v) is 4.31. The van der Waals surface area contributed by atoms with Crippen LogP contribution in [0.4, 0.5) is 8.78 Å². The summed E-state index contributed by atoms with van der Waals surface area (Å²) in [5.41, 5.74) is 4.01. The molecule has 1 heterocycles. The molecule has 0 unspecified atom stereocenters. The highest BCUT2D eigenvalue weighted by atomic mass is 19.1. The first-order valence-electron chi connectivity index (χ1n) is 12.8. The van der Waals surface area contributed by atoms with Gasteiger partial charge in [0.05, 0.1) is 10.9 Å². The van der Waals surface area contributed by atoms with E-state index in [0.29, 0.717) is 48.5 Å². The van der Waals surface area contributed by atoms with Crippen molar-refractivity contribution in [3.05, 3.63) is 107 Å². The lowest BCUT2D eigenvalue weighted by Gasteiger charge is -2.17. The number of H-pyrrole nitrogens is 1. The quantitative estimate of drug-likeness (QED) is 0.146. The molecule has 0 aliphatic heterocycles. The first kappa shape index (κ1) is 27.7. The van der Waals surface area contributed by atoms with Gasteiger partial charge in [-0.25, -0.2) is 4.39 Å². The smallest absolute Gasteiger partial charge is 0.245 e. The maximum atomic E-state index is 15.5. The lowest BCUT2D eigenvalue weighted by atomic mass is 9.87. The van der Waals surface area contributed by atoms with Crippen LogP contribution in [0.25, 0.3) is 22.0 Å². The average Bonchev–Trinajstić information content (AvgIpc) is 3.30. The van der Waals surface area contributed by atoms with Gasteiger partial charge in [-0.15, -0.1) is 5.10 Å². The van der Waals surface area contributed by atoms with Gasteiger partial charge in [-0.2, -0.15) is 4.39 Å². The number of nitrogens with zero attached hydrogens (tertiary/aromatic N) is 2. The molecule has 1 amide bonds. The van der Waals surface area contributed by atoms with E-state index in [0.717, 1.165) is 16.7 Å². The van der Waals surface area contributed by atoms with E-state index in [-0.39, 0.29) is 11.3 Å². The molecule has 1 aromatic heterocycles. The van der Waals surface area contributed by atoms with Crippen molar-refractivity contribution in [2.75, 3.05) is 33.8 Å². The highest BCUT2D eigenvalue weighted by Crippen LogP contribution is 2.37. The van der Waals surface area contributed by atoms with Gasteiger partial charge >= 0.3 is 0 Å². The molecule has 0 fully saturated rings. The molecule has 4 aromatic rings. The third-order valence-corrected chi connectivity index (χ3v) is 6.30. The van der Waals surface area contributed by atoms with Crippen molar-refractivity contribution >= 4 is 28.0 Å². The van der Waals surface area contributed by atoms with E-state index in [1.54, 1.807) is 20.2 Å². The minimum absolute atomic E-state index is 0.0604. The van der Waals surface area contributed by atoms with E-state index in [1.807, 2.05) is 61.5 Å². The second kappa shape index (κ2) is 13.0. The molecule has 202 valence electrons. The second-order valence-electron chi connectivity index (χ2n) is 9.18. The van der Waals surface area contributed by atoms with Crippen LogP contribution >= 0.6 is 0 Å². The molecule has 0 spiro atoms. The van der Waals surface area contributed by atoms with E-state index in [2.05, 4.69) is 15.5 Å². The summed E-state index contributed by atoms with van der Waals surface area (Å²) < 4.78 is 35.7. The van der Waals surface area contributed by atoms with E-state index in [1.165, 1.54) is 23.1 Å². The Balaban J connectivity index is 1.57. The summed E-state index contributed by atoms with van der Waals surface area (Å²) in [6.45, 7) is 3.62. The molecule has 6 nitrogen and oxygen atoms in total. The number of carbonyl (C=O) groups excluding carboxylic acids is 1. The summed E-state index contributed by atoms with van der Waals surface area (Å²) in [5.74, 6) is -0.515. The molecule has 39 heavy (non-hydrogen) atoms. The maximum Gasteiger partial charge on any atom is 0.245 e. The Morgan fingerprint density at radius 2 is 1.79 bits per heavy atom. The van der Waals surface area contributed by atoms with Crippen molar-refractivity contribution in [2.24, 2.45) is 0 Å². The van der Waals surface area contributed by atoms with Crippen molar-refractivity contribution in [1.82, 2.24) is 20.4 Å². The topological polar surface area (TPSA) is 70.2 Å². The summed E-state index contributed by atoms with van der Waals surface area (Å²) in [5, 5.41) is 9.56. The number of fused-ring (bicyclic) bond motifs is 1. The Kier molecular flexibility index (Phi) is 9.22. The number of hydrogen-bond acceptors (Lipinski definition) is 4. The monoisotopic (exact) mass is 530 g/mol. The molecule has 0 saturated heterocycles. The van der Waals surface area contributed by atoms with E-state index < -0.39 is 11.8 Å². The summed E-state index contributed by atoms with van der Waals surface area (Å²) in [6, 6.07) is 20.1. The number of hydrogen-bond donors (Lipinski definition) is 2. The molecule has 0 saturated carbocycles. The van der Waals surface area contributed by atoms with Crippen LogP contribution in [0.1, 0.15) is 30.0 Å². The Morgan fingerprint density at radius 3 is 2.49 bits per heavy atom. The number of amides is 1. The first-order chi connectivity index (χ1) is 18.9. The average molecular weight is 531 g/mol. The van der Waals surface area contributed by atoms with Crippen molar-refractivity contribution in [2.45, 2.75) is 13.3 Å². The number of nitrogens with one attached hydrogen (secondary N) is 2. The minimum Gasteiger partial charge on any atom is -0.492 e. The van der Waals surface area contributed by atoms with Gasteiger partial charge in [0.2, 0.25) is 11.9 Å². The molecule has 0 atom stereocenters. The standard InChI is InChI=1S/C31H32F2N4O2/c1-4-24(21-9-6-5-7-10-21)30(25-19-26-28(20-27(25)32)35-36-31(26)33)22-12-14-23(15-13-22)39-18-17-34-16-8-11-29(38)37(2)3/h5-15,19-20,34H,4,16-18H2,1-3H3,(H,35,36)/b11-8+,30-24+. The number of benzene rings is 3. The first-order valence-corrected chi connectivity index (χ1v) is 12.8. The third kappa shape index (κ3) is 6.78. The Morgan fingerprint density at radius 1 is 1.05 bits per heavy atom. The number of rotatable bonds is 11. The lowest BCUT2D eigenvalue weighted by molar-refractivity contribution is -0.123. The number of aromatic nitrogens is 2. The molecule has 0 aliphatic rings. The molecule has 3 aromatic carbocycles. The molecular weight excluding hydrogens is 498 g/mol. The van der Waals surface area contributed by atoms with Crippen LogP contribution in [0.5, 0.6) is 5.75 Å². The van der Waals surface area contributed by atoms with Crippen LogP contribution in [0.2, 0.25) is 0 Å². The number of ether oxygens (including phenoxy) is 1. The van der Waals surface area contributed by atoms with Crippen LogP contribution in [0.15, 0.2) is 78.9 Å². The fraction of sp³-hybridized carbons (Fsp3) is 0.226. The third-order valence-electron chi connectivity index (χ3n) is 6.30. The predicted molar refractivity (Wildman–Crippen MR) is 151 cm³/mol. The van der Waals surface area contributed by atoms with Crippen LogP contribution in [0.3, 0.4) is 0 Å². The van der Waals surface area contributed by atoms with Crippen molar-refractivity contribution in [3.8, 4) is 5.75 Å². The van der Waals surface area contributed by atoms with E-state index >= 15 is 4.39 Å². The van der Waals surface area contributed by atoms with E-state index in [4.69, 9.17) is 4.74 Å². The summed E-state index contributed by atoms with van der Waals surface area (Å²) in [4.78, 5) is 13.1. The van der Waals surface area contributed by atoms with Crippen LogP contribution in [-0.2, 0) is 4.79 Å². The zero-order chi connectivity index (χ0) is 27.8. The zero-order valence-electron chi connectivity index (χ0n) is 22.3.